The van der Waals surface area contributed by atoms with Crippen LogP contribution in [0.15, 0.2) is 41.6 Å². The van der Waals surface area contributed by atoms with Crippen LogP contribution in [0.4, 0.5) is 4.39 Å². The lowest BCUT2D eigenvalue weighted by atomic mass is 10.1. The number of fused-ring (bicyclic) bond motifs is 1. The summed E-state index contributed by atoms with van der Waals surface area (Å²) in [5.74, 6) is -0.830. The van der Waals surface area contributed by atoms with Gasteiger partial charge in [-0.1, -0.05) is 11.8 Å². The van der Waals surface area contributed by atoms with Crippen molar-refractivity contribution in [3.8, 4) is 11.3 Å². The van der Waals surface area contributed by atoms with Gasteiger partial charge in [-0.3, -0.25) is 9.59 Å². The Hall–Kier alpha value is -2.61. The van der Waals surface area contributed by atoms with Crippen molar-refractivity contribution in [3.63, 3.8) is 0 Å². The zero-order valence-corrected chi connectivity index (χ0v) is 13.7. The average molecular weight is 344 g/mol. The standard InChI is InChI=1S/C16H13FN4O2S/c1-9(22)15(10(2)23)24-16-19-18-14-8-7-13(20-21(14)16)11-3-5-12(17)6-4-11/h3-8,15H,1-2H3. The zero-order valence-electron chi connectivity index (χ0n) is 12.9. The monoisotopic (exact) mass is 344 g/mol. The molecular weight excluding hydrogens is 331 g/mol. The third-order valence-corrected chi connectivity index (χ3v) is 4.70. The first-order valence-electron chi connectivity index (χ1n) is 7.11. The number of thioether (sulfide) groups is 1. The first-order valence-corrected chi connectivity index (χ1v) is 7.99. The summed E-state index contributed by atoms with van der Waals surface area (Å²) in [6.07, 6.45) is 0. The lowest BCUT2D eigenvalue weighted by molar-refractivity contribution is -0.123. The minimum atomic E-state index is -0.839. The number of Topliss-reactive ketones (excluding diaryl/α,β-unsaturated/α-hetero) is 2. The number of nitrogens with zero attached hydrogens (tertiary/aromatic N) is 4. The van der Waals surface area contributed by atoms with Crippen LogP contribution in [0.1, 0.15) is 13.8 Å². The van der Waals surface area contributed by atoms with Gasteiger partial charge in [-0.2, -0.15) is 9.61 Å². The van der Waals surface area contributed by atoms with Gasteiger partial charge in [0, 0.05) is 5.56 Å². The first kappa shape index (κ1) is 16.3. The topological polar surface area (TPSA) is 77.2 Å². The quantitative estimate of drug-likeness (QED) is 0.523. The number of aromatic nitrogens is 4. The second kappa shape index (κ2) is 6.48. The van der Waals surface area contributed by atoms with Crippen LogP contribution in [0, 0.1) is 5.82 Å². The molecule has 0 saturated carbocycles. The molecule has 0 amide bonds. The predicted molar refractivity (Wildman–Crippen MR) is 87.2 cm³/mol. The van der Waals surface area contributed by atoms with E-state index < -0.39 is 5.25 Å². The van der Waals surface area contributed by atoms with Crippen molar-refractivity contribution in [2.75, 3.05) is 0 Å². The fourth-order valence-corrected chi connectivity index (χ4v) is 3.04. The van der Waals surface area contributed by atoms with Crippen LogP contribution in [0.3, 0.4) is 0 Å². The molecule has 122 valence electrons. The van der Waals surface area contributed by atoms with E-state index in [2.05, 4.69) is 15.3 Å². The molecule has 0 aliphatic carbocycles. The molecule has 8 heteroatoms. The molecule has 6 nitrogen and oxygen atoms in total. The smallest absolute Gasteiger partial charge is 0.213 e. The number of carbonyl (C=O) groups excluding carboxylic acids is 2. The molecule has 3 rings (SSSR count). The summed E-state index contributed by atoms with van der Waals surface area (Å²) in [7, 11) is 0. The minimum absolute atomic E-state index is 0.251. The van der Waals surface area contributed by atoms with Crippen LogP contribution < -0.4 is 0 Å². The van der Waals surface area contributed by atoms with Gasteiger partial charge in [0.25, 0.3) is 0 Å². The van der Waals surface area contributed by atoms with E-state index in [-0.39, 0.29) is 17.4 Å². The fourth-order valence-electron chi connectivity index (χ4n) is 2.17. The molecule has 3 aromatic rings. The summed E-state index contributed by atoms with van der Waals surface area (Å²) in [6.45, 7) is 2.72. The third-order valence-electron chi connectivity index (χ3n) is 3.34. The van der Waals surface area contributed by atoms with Gasteiger partial charge >= 0.3 is 0 Å². The Morgan fingerprint density at radius 3 is 2.33 bits per heavy atom. The third kappa shape index (κ3) is 3.18. The SMILES string of the molecule is CC(=O)C(Sc1nnc2ccc(-c3ccc(F)cc3)nn12)C(C)=O. The highest BCUT2D eigenvalue weighted by molar-refractivity contribution is 8.01. The average Bonchev–Trinajstić information content (AvgIpc) is 2.94. The van der Waals surface area contributed by atoms with Crippen molar-refractivity contribution in [2.24, 2.45) is 0 Å². The van der Waals surface area contributed by atoms with Crippen molar-refractivity contribution in [1.82, 2.24) is 19.8 Å². The molecule has 0 bridgehead atoms. The summed E-state index contributed by atoms with van der Waals surface area (Å²) < 4.78 is 14.5. The molecule has 0 aliphatic heterocycles. The number of halogens is 1. The van der Waals surface area contributed by atoms with E-state index in [4.69, 9.17) is 0 Å². The molecule has 24 heavy (non-hydrogen) atoms. The molecule has 1 aromatic carbocycles. The Labute approximate surface area is 141 Å². The van der Waals surface area contributed by atoms with Crippen LogP contribution >= 0.6 is 11.8 Å². The number of hydrogen-bond acceptors (Lipinski definition) is 6. The van der Waals surface area contributed by atoms with Gasteiger partial charge in [0.2, 0.25) is 5.16 Å². The number of hydrogen-bond donors (Lipinski definition) is 0. The molecule has 2 aromatic heterocycles. The Morgan fingerprint density at radius 2 is 1.71 bits per heavy atom. The molecule has 2 heterocycles. The second-order valence-corrected chi connectivity index (χ2v) is 6.27. The normalized spacial score (nSPS) is 11.2. The molecule has 0 fully saturated rings. The highest BCUT2D eigenvalue weighted by atomic mass is 32.2. The predicted octanol–water partition coefficient (Wildman–Crippen LogP) is 2.57. The van der Waals surface area contributed by atoms with E-state index in [1.165, 1.54) is 30.5 Å². The molecule has 0 unspecified atom stereocenters. The summed E-state index contributed by atoms with van der Waals surface area (Å²) in [6, 6.07) is 9.41. The van der Waals surface area contributed by atoms with Crippen molar-refractivity contribution in [2.45, 2.75) is 24.3 Å². The molecule has 0 saturated heterocycles. The maximum atomic E-state index is 13.1. The number of rotatable bonds is 5. The first-order chi connectivity index (χ1) is 11.5. The van der Waals surface area contributed by atoms with Gasteiger partial charge in [0.05, 0.1) is 5.69 Å². The van der Waals surface area contributed by atoms with E-state index in [1.54, 1.807) is 24.3 Å². The van der Waals surface area contributed by atoms with E-state index in [1.807, 2.05) is 0 Å². The zero-order chi connectivity index (χ0) is 17.3. The number of ketones is 2. The van der Waals surface area contributed by atoms with Crippen LogP contribution in [-0.4, -0.2) is 36.6 Å². The van der Waals surface area contributed by atoms with E-state index in [9.17, 15) is 14.0 Å². The minimum Gasteiger partial charge on any atom is -0.298 e. The molecule has 0 aliphatic rings. The fraction of sp³-hybridized carbons (Fsp3) is 0.188. The molecule has 0 radical (unpaired) electrons. The Bertz CT molecular complexity index is 909. The van der Waals surface area contributed by atoms with Crippen LogP contribution in [0.5, 0.6) is 0 Å². The van der Waals surface area contributed by atoms with Gasteiger partial charge in [0.15, 0.2) is 17.2 Å². The van der Waals surface area contributed by atoms with Crippen LogP contribution in [0.25, 0.3) is 16.9 Å². The highest BCUT2D eigenvalue weighted by Gasteiger charge is 2.24. The van der Waals surface area contributed by atoms with E-state index >= 15 is 0 Å². The largest absolute Gasteiger partial charge is 0.298 e. The number of carbonyl (C=O) groups is 2. The summed E-state index contributed by atoms with van der Waals surface area (Å²) in [5, 5.41) is 11.9. The van der Waals surface area contributed by atoms with Crippen molar-refractivity contribution < 1.29 is 14.0 Å². The maximum absolute atomic E-state index is 13.1. The van der Waals surface area contributed by atoms with Crippen LogP contribution in [0.2, 0.25) is 0 Å². The summed E-state index contributed by atoms with van der Waals surface area (Å²) in [5.41, 5.74) is 1.83. The highest BCUT2D eigenvalue weighted by Crippen LogP contribution is 2.24. The van der Waals surface area contributed by atoms with Gasteiger partial charge < -0.3 is 0 Å². The Balaban J connectivity index is 2.01. The summed E-state index contributed by atoms with van der Waals surface area (Å²) in [4.78, 5) is 23.2. The molecule has 0 N–H and O–H groups in total. The van der Waals surface area contributed by atoms with Gasteiger partial charge in [0.1, 0.15) is 11.1 Å². The lowest BCUT2D eigenvalue weighted by Gasteiger charge is -2.08. The molecule has 0 spiro atoms. The second-order valence-electron chi connectivity index (χ2n) is 5.20. The molecule has 0 atom stereocenters. The van der Waals surface area contributed by atoms with Crippen molar-refractivity contribution >= 4 is 29.0 Å². The Kier molecular flexibility index (Phi) is 4.39. The van der Waals surface area contributed by atoms with Crippen molar-refractivity contribution in [3.05, 3.63) is 42.2 Å². The van der Waals surface area contributed by atoms with Crippen molar-refractivity contribution in [1.29, 1.82) is 0 Å². The number of benzene rings is 1. The van der Waals surface area contributed by atoms with E-state index in [0.29, 0.717) is 16.5 Å². The van der Waals surface area contributed by atoms with E-state index in [0.717, 1.165) is 17.3 Å². The van der Waals surface area contributed by atoms with Gasteiger partial charge in [-0.15, -0.1) is 10.2 Å². The van der Waals surface area contributed by atoms with Gasteiger partial charge in [-0.25, -0.2) is 4.39 Å². The molecular formula is C16H13FN4O2S. The van der Waals surface area contributed by atoms with Gasteiger partial charge in [-0.05, 0) is 50.2 Å². The Morgan fingerprint density at radius 1 is 1.04 bits per heavy atom. The summed E-state index contributed by atoms with van der Waals surface area (Å²) >= 11 is 1.02. The lowest BCUT2D eigenvalue weighted by Crippen LogP contribution is -2.22. The maximum Gasteiger partial charge on any atom is 0.213 e. The van der Waals surface area contributed by atoms with Crippen LogP contribution in [-0.2, 0) is 9.59 Å².